The van der Waals surface area contributed by atoms with Crippen LogP contribution in [0.1, 0.15) is 99.3 Å². The van der Waals surface area contributed by atoms with Crippen LogP contribution in [-0.2, 0) is 38.0 Å². The van der Waals surface area contributed by atoms with Crippen molar-refractivity contribution in [2.45, 2.75) is 209 Å². The van der Waals surface area contributed by atoms with E-state index < -0.39 is 111 Å². The van der Waals surface area contributed by atoms with Crippen LogP contribution in [0.4, 0.5) is 0 Å². The third-order valence-corrected chi connectivity index (χ3v) is 17.7. The van der Waals surface area contributed by atoms with Gasteiger partial charge in [-0.25, -0.2) is 0 Å². The van der Waals surface area contributed by atoms with Gasteiger partial charge in [-0.15, -0.1) is 0 Å². The second-order valence-corrected chi connectivity index (χ2v) is 21.4. The van der Waals surface area contributed by atoms with Crippen molar-refractivity contribution < 1.29 is 89.0 Å². The van der Waals surface area contributed by atoms with Crippen molar-refractivity contribution >= 4 is 5.78 Å². The molecule has 8 aliphatic rings. The van der Waals surface area contributed by atoms with E-state index in [1.54, 1.807) is 6.92 Å². The van der Waals surface area contributed by atoms with Gasteiger partial charge in [0.25, 0.3) is 0 Å². The third-order valence-electron chi connectivity index (χ3n) is 17.7. The third kappa shape index (κ3) is 8.40. The van der Waals surface area contributed by atoms with Crippen molar-refractivity contribution in [3.05, 3.63) is 0 Å². The fourth-order valence-electron chi connectivity index (χ4n) is 13.9. The number of carbonyl (C=O) groups is 1. The predicted molar refractivity (Wildman–Crippen MR) is 217 cm³/mol. The molecule has 10 N–H and O–H groups in total. The fourth-order valence-corrected chi connectivity index (χ4v) is 13.9. The Kier molecular flexibility index (Phi) is 14.0. The quantitative estimate of drug-likeness (QED) is 0.117. The summed E-state index contributed by atoms with van der Waals surface area (Å²) < 4.78 is 42.6. The first-order valence-electron chi connectivity index (χ1n) is 23.5. The molecule has 0 spiro atoms. The molecule has 18 nitrogen and oxygen atoms in total. The number of aliphatic hydroxyl groups excluding tert-OH is 9. The molecule has 8 rings (SSSR count). The van der Waals surface area contributed by atoms with Crippen molar-refractivity contribution in [1.82, 2.24) is 0 Å². The smallest absolute Gasteiger partial charge is 0.187 e. The SMILES string of the molecule is C[C@@H](CC[C@@]1(O)O[C@H]2C[C@H]3[C@@H]4C[C@H](O[C@@H]5O[C@H](C)[C@@H](O)[C@H](O[C@@H]6O[C@H](C)[C@H](O)[C@@H](O)[C@H]6O)[C@H]5O)[C@H]5CC(=O)CC[C@]5(C)[C@H]4CC[C@]3(C)[C@H]2[C@@H]1C)CO[C@@H]1O[C@H](CO)[C@@H](O)[C@H](O)[C@H]1O. The van der Waals surface area contributed by atoms with Gasteiger partial charge < -0.3 is 84.2 Å². The van der Waals surface area contributed by atoms with Crippen molar-refractivity contribution in [1.29, 1.82) is 0 Å². The monoisotopic (exact) mass is 902 g/mol. The number of carbonyl (C=O) groups excluding carboxylic acids is 1. The standard InChI is InChI=1S/C45H74O18/c1-18(17-57-40-36(53)35(52)33(50)29(16-46)61-40)7-12-45(56)19(2)30-28(63-45)15-25-23-14-27(26-13-22(47)8-10-43(26,5)24(23)9-11-44(25,30)6)60-42-38(55)39(32(49)21(4)59-42)62-41-37(54)34(51)31(48)20(3)58-41/h18-21,23-42,46,48-56H,7-17H2,1-6H3/t18-,19-,20+,21+,23+,24-,25-,26+,27-,28-,29+,30-,31-,32+,33+,34+,35-,36+,37+,38+,39-,40+,41-,42-,43+,44-,45+/m0/s1. The Morgan fingerprint density at radius 3 is 2.08 bits per heavy atom. The summed E-state index contributed by atoms with van der Waals surface area (Å²) in [6.07, 6.45) is -15.0. The Morgan fingerprint density at radius 1 is 0.730 bits per heavy atom. The lowest BCUT2D eigenvalue weighted by Gasteiger charge is -2.62. The summed E-state index contributed by atoms with van der Waals surface area (Å²) in [6.45, 7) is 11.4. The van der Waals surface area contributed by atoms with E-state index in [9.17, 15) is 55.9 Å². The van der Waals surface area contributed by atoms with Gasteiger partial charge in [-0.2, -0.15) is 0 Å². The number of ketones is 1. The first kappa shape index (κ1) is 48.4. The van der Waals surface area contributed by atoms with Crippen molar-refractivity contribution in [2.75, 3.05) is 13.2 Å². The molecule has 0 aromatic rings. The van der Waals surface area contributed by atoms with Crippen LogP contribution in [0.2, 0.25) is 0 Å². The topological polar surface area (TPSA) is 284 Å². The second-order valence-electron chi connectivity index (χ2n) is 21.4. The lowest BCUT2D eigenvalue weighted by molar-refractivity contribution is -0.362. The Labute approximate surface area is 369 Å². The Balaban J connectivity index is 0.946. The molecule has 0 aromatic carbocycles. The normalized spacial score (nSPS) is 56.3. The van der Waals surface area contributed by atoms with Gasteiger partial charge in [0.1, 0.15) is 66.8 Å². The molecule has 27 atom stereocenters. The van der Waals surface area contributed by atoms with Gasteiger partial charge >= 0.3 is 0 Å². The lowest BCUT2D eigenvalue weighted by atomic mass is 9.43. The lowest BCUT2D eigenvalue weighted by Crippen LogP contribution is -2.64. The molecule has 4 heterocycles. The molecule has 18 heteroatoms. The molecule has 63 heavy (non-hydrogen) atoms. The zero-order chi connectivity index (χ0) is 45.7. The van der Waals surface area contributed by atoms with Crippen molar-refractivity contribution in [3.63, 3.8) is 0 Å². The molecule has 362 valence electrons. The number of hydrogen-bond acceptors (Lipinski definition) is 18. The van der Waals surface area contributed by atoms with Crippen LogP contribution in [0.5, 0.6) is 0 Å². The molecular weight excluding hydrogens is 828 g/mol. The van der Waals surface area contributed by atoms with E-state index >= 15 is 0 Å². The highest BCUT2D eigenvalue weighted by molar-refractivity contribution is 5.79. The van der Waals surface area contributed by atoms with E-state index in [1.165, 1.54) is 6.92 Å². The average Bonchev–Trinajstić information content (AvgIpc) is 3.68. The van der Waals surface area contributed by atoms with Gasteiger partial charge in [0.15, 0.2) is 24.7 Å². The molecule has 0 amide bonds. The van der Waals surface area contributed by atoms with Crippen LogP contribution in [0, 0.1) is 52.3 Å². The number of fused-ring (bicyclic) bond motifs is 7. The van der Waals surface area contributed by atoms with E-state index in [0.717, 1.165) is 25.7 Å². The average molecular weight is 903 g/mol. The minimum absolute atomic E-state index is 0.0791. The second kappa shape index (κ2) is 18.1. The zero-order valence-electron chi connectivity index (χ0n) is 37.4. The van der Waals surface area contributed by atoms with E-state index in [2.05, 4.69) is 20.8 Å². The van der Waals surface area contributed by atoms with Crippen molar-refractivity contribution in [3.8, 4) is 0 Å². The highest BCUT2D eigenvalue weighted by atomic mass is 16.7. The maximum absolute atomic E-state index is 13.2. The number of hydrogen-bond donors (Lipinski definition) is 10. The van der Waals surface area contributed by atoms with Crippen LogP contribution in [0.25, 0.3) is 0 Å². The fraction of sp³-hybridized carbons (Fsp3) is 0.978. The summed E-state index contributed by atoms with van der Waals surface area (Å²) in [5.74, 6) is -0.816. The van der Waals surface area contributed by atoms with Crippen LogP contribution in [0.3, 0.4) is 0 Å². The van der Waals surface area contributed by atoms with E-state index in [1.807, 2.05) is 6.92 Å². The van der Waals surface area contributed by atoms with Crippen LogP contribution in [-0.4, -0.2) is 180 Å². The first-order chi connectivity index (χ1) is 29.6. The number of ether oxygens (including phenoxy) is 7. The molecule has 0 radical (unpaired) electrons. The zero-order valence-corrected chi connectivity index (χ0v) is 37.4. The summed E-state index contributed by atoms with van der Waals surface area (Å²) in [4.78, 5) is 13.2. The summed E-state index contributed by atoms with van der Waals surface area (Å²) in [5, 5.41) is 107. The summed E-state index contributed by atoms with van der Waals surface area (Å²) in [7, 11) is 0. The molecule has 0 aromatic heterocycles. The highest BCUT2D eigenvalue weighted by Crippen LogP contribution is 2.71. The van der Waals surface area contributed by atoms with Gasteiger partial charge in [0.05, 0.1) is 37.6 Å². The van der Waals surface area contributed by atoms with Gasteiger partial charge in [0, 0.05) is 25.2 Å². The van der Waals surface area contributed by atoms with Gasteiger partial charge in [-0.3, -0.25) is 4.79 Å². The van der Waals surface area contributed by atoms with Crippen LogP contribution < -0.4 is 0 Å². The van der Waals surface area contributed by atoms with Crippen molar-refractivity contribution in [2.24, 2.45) is 52.3 Å². The molecule has 4 aliphatic heterocycles. The molecule has 8 fully saturated rings. The van der Waals surface area contributed by atoms with Gasteiger partial charge in [-0.05, 0) is 98.7 Å². The largest absolute Gasteiger partial charge is 0.394 e. The molecule has 4 aliphatic carbocycles. The minimum atomic E-state index is -1.65. The van der Waals surface area contributed by atoms with E-state index in [-0.39, 0.29) is 64.8 Å². The summed E-state index contributed by atoms with van der Waals surface area (Å²) in [5.41, 5.74) is -0.407. The minimum Gasteiger partial charge on any atom is -0.394 e. The predicted octanol–water partition coefficient (Wildman–Crippen LogP) is -0.545. The van der Waals surface area contributed by atoms with Crippen LogP contribution >= 0.6 is 0 Å². The number of aliphatic hydroxyl groups is 10. The molecular formula is C45H74O18. The molecule has 4 saturated carbocycles. The highest BCUT2D eigenvalue weighted by Gasteiger charge is 2.69. The first-order valence-corrected chi connectivity index (χ1v) is 23.5. The van der Waals surface area contributed by atoms with Gasteiger partial charge in [-0.1, -0.05) is 27.7 Å². The molecule has 0 bridgehead atoms. The molecule has 4 saturated heterocycles. The van der Waals surface area contributed by atoms with Gasteiger partial charge in [0.2, 0.25) is 0 Å². The summed E-state index contributed by atoms with van der Waals surface area (Å²) >= 11 is 0. The Morgan fingerprint density at radius 2 is 1.38 bits per heavy atom. The summed E-state index contributed by atoms with van der Waals surface area (Å²) in [6, 6.07) is 0. The Bertz CT molecular complexity index is 1610. The Hall–Kier alpha value is -1.01. The maximum Gasteiger partial charge on any atom is 0.187 e. The van der Waals surface area contributed by atoms with Crippen LogP contribution in [0.15, 0.2) is 0 Å². The number of Topliss-reactive ketones (excluding diaryl/α,β-unsaturated/α-hetero) is 1. The molecule has 0 unspecified atom stereocenters. The van der Waals surface area contributed by atoms with E-state index in [0.29, 0.717) is 38.0 Å². The van der Waals surface area contributed by atoms with E-state index in [4.69, 9.17) is 33.2 Å². The number of rotatable bonds is 11. The maximum atomic E-state index is 13.2.